The van der Waals surface area contributed by atoms with E-state index < -0.39 is 0 Å². The molecule has 0 amide bonds. The Morgan fingerprint density at radius 3 is 3.00 bits per heavy atom. The fraction of sp³-hybridized carbons (Fsp3) is 0.400. The SMILES string of the molecule is CCCNC(C)c1csc(Cc2cccc(Cl)c2F)n1. The van der Waals surface area contributed by atoms with E-state index in [0.29, 0.717) is 12.0 Å². The number of benzene rings is 1. The van der Waals surface area contributed by atoms with E-state index in [0.717, 1.165) is 23.7 Å². The first-order valence-electron chi connectivity index (χ1n) is 6.72. The molecule has 1 N–H and O–H groups in total. The molecule has 1 atom stereocenters. The van der Waals surface area contributed by atoms with Gasteiger partial charge in [-0.25, -0.2) is 9.37 Å². The number of halogens is 2. The number of nitrogens with zero attached hydrogens (tertiary/aromatic N) is 1. The van der Waals surface area contributed by atoms with Crippen LogP contribution in [0.5, 0.6) is 0 Å². The molecule has 0 aliphatic heterocycles. The van der Waals surface area contributed by atoms with E-state index in [-0.39, 0.29) is 16.9 Å². The number of nitrogens with one attached hydrogen (secondary N) is 1. The lowest BCUT2D eigenvalue weighted by Gasteiger charge is -2.09. The molecule has 2 aromatic rings. The van der Waals surface area contributed by atoms with Gasteiger partial charge in [0.25, 0.3) is 0 Å². The van der Waals surface area contributed by atoms with Crippen LogP contribution in [0.4, 0.5) is 4.39 Å². The smallest absolute Gasteiger partial charge is 0.145 e. The van der Waals surface area contributed by atoms with Crippen LogP contribution in [-0.2, 0) is 6.42 Å². The van der Waals surface area contributed by atoms with Gasteiger partial charge in [0.2, 0.25) is 0 Å². The predicted octanol–water partition coefficient (Wildman–Crippen LogP) is 4.59. The Morgan fingerprint density at radius 1 is 1.45 bits per heavy atom. The van der Waals surface area contributed by atoms with Crippen LogP contribution < -0.4 is 5.32 Å². The second-order valence-corrected chi connectivity index (χ2v) is 6.08. The van der Waals surface area contributed by atoms with Crippen molar-refractivity contribution in [1.29, 1.82) is 0 Å². The molecule has 2 rings (SSSR count). The van der Waals surface area contributed by atoms with Gasteiger partial charge in [0, 0.05) is 17.8 Å². The van der Waals surface area contributed by atoms with E-state index in [1.54, 1.807) is 29.5 Å². The van der Waals surface area contributed by atoms with Gasteiger partial charge in [-0.2, -0.15) is 0 Å². The minimum absolute atomic E-state index is 0.164. The van der Waals surface area contributed by atoms with Crippen LogP contribution in [-0.4, -0.2) is 11.5 Å². The molecule has 0 fully saturated rings. The van der Waals surface area contributed by atoms with Crippen molar-refractivity contribution in [2.75, 3.05) is 6.54 Å². The molecule has 1 aromatic heterocycles. The Morgan fingerprint density at radius 2 is 2.25 bits per heavy atom. The minimum Gasteiger partial charge on any atom is -0.309 e. The summed E-state index contributed by atoms with van der Waals surface area (Å²) < 4.78 is 13.9. The molecule has 2 nitrogen and oxygen atoms in total. The highest BCUT2D eigenvalue weighted by Crippen LogP contribution is 2.23. The normalized spacial score (nSPS) is 12.6. The Labute approximate surface area is 128 Å². The summed E-state index contributed by atoms with van der Waals surface area (Å²) in [5.74, 6) is -0.344. The van der Waals surface area contributed by atoms with E-state index in [2.05, 4.69) is 24.1 Å². The van der Waals surface area contributed by atoms with Crippen molar-refractivity contribution in [3.63, 3.8) is 0 Å². The van der Waals surface area contributed by atoms with E-state index >= 15 is 0 Å². The molecule has 108 valence electrons. The molecule has 1 heterocycles. The summed E-state index contributed by atoms with van der Waals surface area (Å²) in [5, 5.41) is 6.50. The van der Waals surface area contributed by atoms with Crippen LogP contribution in [0.1, 0.15) is 42.6 Å². The number of aromatic nitrogens is 1. The summed E-state index contributed by atoms with van der Waals surface area (Å²) in [4.78, 5) is 4.58. The highest BCUT2D eigenvalue weighted by Gasteiger charge is 2.12. The number of hydrogen-bond acceptors (Lipinski definition) is 3. The maximum atomic E-state index is 13.9. The minimum atomic E-state index is -0.344. The van der Waals surface area contributed by atoms with Crippen LogP contribution in [0.3, 0.4) is 0 Å². The van der Waals surface area contributed by atoms with Gasteiger partial charge in [0.15, 0.2) is 0 Å². The zero-order valence-electron chi connectivity index (χ0n) is 11.6. The molecule has 0 aliphatic rings. The van der Waals surface area contributed by atoms with Crippen LogP contribution in [0.25, 0.3) is 0 Å². The second-order valence-electron chi connectivity index (χ2n) is 4.73. The van der Waals surface area contributed by atoms with Crippen molar-refractivity contribution < 1.29 is 4.39 Å². The van der Waals surface area contributed by atoms with Crippen molar-refractivity contribution in [1.82, 2.24) is 10.3 Å². The molecule has 1 unspecified atom stereocenters. The fourth-order valence-corrected chi connectivity index (χ4v) is 3.02. The van der Waals surface area contributed by atoms with Crippen molar-refractivity contribution in [3.8, 4) is 0 Å². The lowest BCUT2D eigenvalue weighted by molar-refractivity contribution is 0.559. The molecule has 0 radical (unpaired) electrons. The van der Waals surface area contributed by atoms with Gasteiger partial charge in [-0.15, -0.1) is 11.3 Å². The average Bonchev–Trinajstić information content (AvgIpc) is 2.90. The molecule has 0 saturated carbocycles. The van der Waals surface area contributed by atoms with E-state index in [1.165, 1.54) is 0 Å². The third kappa shape index (κ3) is 3.78. The molecule has 0 aliphatic carbocycles. The van der Waals surface area contributed by atoms with Crippen molar-refractivity contribution in [2.24, 2.45) is 0 Å². The van der Waals surface area contributed by atoms with Gasteiger partial charge >= 0.3 is 0 Å². The fourth-order valence-electron chi connectivity index (χ4n) is 1.92. The molecule has 0 bridgehead atoms. The quantitative estimate of drug-likeness (QED) is 0.844. The van der Waals surface area contributed by atoms with E-state index in [9.17, 15) is 4.39 Å². The zero-order valence-corrected chi connectivity index (χ0v) is 13.2. The van der Waals surface area contributed by atoms with Crippen molar-refractivity contribution >= 4 is 22.9 Å². The molecule has 1 aromatic carbocycles. The first-order valence-corrected chi connectivity index (χ1v) is 7.98. The molecule has 0 saturated heterocycles. The van der Waals surface area contributed by atoms with Gasteiger partial charge in [0.05, 0.1) is 15.7 Å². The second kappa shape index (κ2) is 7.16. The van der Waals surface area contributed by atoms with Crippen LogP contribution in [0.2, 0.25) is 5.02 Å². The summed E-state index contributed by atoms with van der Waals surface area (Å²) in [5.41, 5.74) is 1.61. The maximum Gasteiger partial charge on any atom is 0.145 e. The third-order valence-corrected chi connectivity index (χ3v) is 4.25. The maximum absolute atomic E-state index is 13.9. The first kappa shape index (κ1) is 15.4. The van der Waals surface area contributed by atoms with E-state index in [4.69, 9.17) is 11.6 Å². The van der Waals surface area contributed by atoms with Crippen molar-refractivity contribution in [2.45, 2.75) is 32.7 Å². The third-order valence-electron chi connectivity index (χ3n) is 3.09. The standard InChI is InChI=1S/C15H18ClFN2S/c1-3-7-18-10(2)13-9-20-14(19-13)8-11-5-4-6-12(16)15(11)17/h4-6,9-10,18H,3,7-8H2,1-2H3. The number of thiazole rings is 1. The first-order chi connectivity index (χ1) is 9.61. The summed E-state index contributed by atoms with van der Waals surface area (Å²) in [7, 11) is 0. The molecular formula is C15H18ClFN2S. The van der Waals surface area contributed by atoms with Crippen molar-refractivity contribution in [3.05, 3.63) is 50.7 Å². The Bertz CT molecular complexity index is 571. The lowest BCUT2D eigenvalue weighted by atomic mass is 10.1. The number of hydrogen-bond donors (Lipinski definition) is 1. The molecular weight excluding hydrogens is 295 g/mol. The Balaban J connectivity index is 2.07. The van der Waals surface area contributed by atoms with Gasteiger partial charge in [-0.05, 0) is 31.5 Å². The Kier molecular flexibility index (Phi) is 5.52. The molecule has 0 spiro atoms. The molecule has 20 heavy (non-hydrogen) atoms. The monoisotopic (exact) mass is 312 g/mol. The van der Waals surface area contributed by atoms with Gasteiger partial charge in [0.1, 0.15) is 5.82 Å². The van der Waals surface area contributed by atoms with Gasteiger partial charge in [-0.1, -0.05) is 30.7 Å². The zero-order chi connectivity index (χ0) is 14.5. The van der Waals surface area contributed by atoms with Crippen LogP contribution in [0, 0.1) is 5.82 Å². The van der Waals surface area contributed by atoms with E-state index in [1.807, 2.05) is 5.38 Å². The summed E-state index contributed by atoms with van der Waals surface area (Å²) in [6, 6.07) is 5.30. The Hall–Kier alpha value is -0.970. The summed E-state index contributed by atoms with van der Waals surface area (Å²) in [6.45, 7) is 5.19. The molecule has 5 heteroatoms. The largest absolute Gasteiger partial charge is 0.309 e. The highest BCUT2D eigenvalue weighted by atomic mass is 35.5. The lowest BCUT2D eigenvalue weighted by Crippen LogP contribution is -2.19. The summed E-state index contributed by atoms with van der Waals surface area (Å²) in [6.07, 6.45) is 1.58. The van der Waals surface area contributed by atoms with Gasteiger partial charge in [-0.3, -0.25) is 0 Å². The van der Waals surface area contributed by atoms with Crippen LogP contribution in [0.15, 0.2) is 23.6 Å². The predicted molar refractivity (Wildman–Crippen MR) is 83.0 cm³/mol. The average molecular weight is 313 g/mol. The summed E-state index contributed by atoms with van der Waals surface area (Å²) >= 11 is 7.35. The van der Waals surface area contributed by atoms with Crippen LogP contribution >= 0.6 is 22.9 Å². The van der Waals surface area contributed by atoms with Gasteiger partial charge < -0.3 is 5.32 Å². The topological polar surface area (TPSA) is 24.9 Å². The number of rotatable bonds is 6. The highest BCUT2D eigenvalue weighted by molar-refractivity contribution is 7.09.